The normalized spacial score (nSPS) is 11.1. The third kappa shape index (κ3) is 3.81. The first-order chi connectivity index (χ1) is 7.50. The smallest absolute Gasteiger partial charge is 0.105 e. The number of nitrogens with zero attached hydrogens (tertiary/aromatic N) is 2. The van der Waals surface area contributed by atoms with Crippen molar-refractivity contribution in [2.24, 2.45) is 0 Å². The Balaban J connectivity index is 2.65. The summed E-state index contributed by atoms with van der Waals surface area (Å²) in [6, 6.07) is 0.504. The van der Waals surface area contributed by atoms with Gasteiger partial charge in [-0.3, -0.25) is 0 Å². The van der Waals surface area contributed by atoms with Gasteiger partial charge in [0.2, 0.25) is 0 Å². The molecule has 3 heteroatoms. The molecule has 0 aliphatic carbocycles. The molecule has 0 aromatic carbocycles. The minimum atomic E-state index is 0.504. The van der Waals surface area contributed by atoms with Crippen molar-refractivity contribution in [3.63, 3.8) is 0 Å². The molecular weight excluding hydrogens is 198 g/mol. The summed E-state index contributed by atoms with van der Waals surface area (Å²) in [5.74, 6) is 1.09. The van der Waals surface area contributed by atoms with Gasteiger partial charge in [-0.1, -0.05) is 19.4 Å². The molecule has 0 unspecified atom stereocenters. The van der Waals surface area contributed by atoms with Crippen LogP contribution in [0.15, 0.2) is 18.3 Å². The van der Waals surface area contributed by atoms with Crippen LogP contribution in [0, 0.1) is 6.92 Å². The number of imidazole rings is 1. The molecular formula is C13H23N3. The first-order valence-electron chi connectivity index (χ1n) is 5.89. The molecule has 0 aliphatic rings. The summed E-state index contributed by atoms with van der Waals surface area (Å²) in [5.41, 5.74) is 2.48. The topological polar surface area (TPSA) is 29.9 Å². The summed E-state index contributed by atoms with van der Waals surface area (Å²) in [4.78, 5) is 4.37. The molecule has 1 N–H and O–H groups in total. The van der Waals surface area contributed by atoms with Crippen LogP contribution < -0.4 is 5.32 Å². The maximum absolute atomic E-state index is 4.37. The van der Waals surface area contributed by atoms with Gasteiger partial charge in [-0.15, -0.1) is 6.58 Å². The minimum absolute atomic E-state index is 0.504. The van der Waals surface area contributed by atoms with Gasteiger partial charge in [-0.25, -0.2) is 4.98 Å². The predicted octanol–water partition coefficient (Wildman–Crippen LogP) is 2.66. The van der Waals surface area contributed by atoms with Crippen LogP contribution in [0.4, 0.5) is 0 Å². The number of rotatable bonds is 6. The summed E-state index contributed by atoms with van der Waals surface area (Å²) < 4.78 is 2.27. The molecule has 0 saturated carbocycles. The van der Waals surface area contributed by atoms with Gasteiger partial charge >= 0.3 is 0 Å². The van der Waals surface area contributed by atoms with E-state index in [9.17, 15) is 0 Å². The van der Waals surface area contributed by atoms with Crippen molar-refractivity contribution < 1.29 is 0 Å². The lowest BCUT2D eigenvalue weighted by molar-refractivity contribution is 0.549. The number of hydrogen-bond donors (Lipinski definition) is 1. The molecule has 0 aliphatic heterocycles. The first kappa shape index (κ1) is 13.0. The average molecular weight is 221 g/mol. The van der Waals surface area contributed by atoms with Gasteiger partial charge in [0, 0.05) is 25.3 Å². The molecule has 0 amide bonds. The van der Waals surface area contributed by atoms with Gasteiger partial charge in [0.25, 0.3) is 0 Å². The van der Waals surface area contributed by atoms with Crippen LogP contribution in [-0.2, 0) is 13.1 Å². The van der Waals surface area contributed by atoms with E-state index in [2.05, 4.69) is 49.1 Å². The Bertz CT molecular complexity index is 350. The molecule has 0 bridgehead atoms. The van der Waals surface area contributed by atoms with E-state index in [0.29, 0.717) is 6.04 Å². The Labute approximate surface area is 98.6 Å². The van der Waals surface area contributed by atoms with E-state index in [1.54, 1.807) is 0 Å². The van der Waals surface area contributed by atoms with Crippen molar-refractivity contribution in [1.29, 1.82) is 0 Å². The van der Waals surface area contributed by atoms with Gasteiger partial charge in [0.15, 0.2) is 0 Å². The summed E-state index contributed by atoms with van der Waals surface area (Å²) in [6.07, 6.45) is 2.98. The van der Waals surface area contributed by atoms with Gasteiger partial charge in [-0.2, -0.15) is 0 Å². The summed E-state index contributed by atoms with van der Waals surface area (Å²) in [5, 5.41) is 3.42. The SMILES string of the molecule is C=C(C)CCn1c(CNC(C)C)cnc1C. The second-order valence-corrected chi connectivity index (χ2v) is 4.69. The largest absolute Gasteiger partial charge is 0.331 e. The Hall–Kier alpha value is -1.09. The lowest BCUT2D eigenvalue weighted by atomic mass is 10.2. The highest BCUT2D eigenvalue weighted by Gasteiger charge is 2.06. The molecule has 1 aromatic rings. The van der Waals surface area contributed by atoms with Crippen LogP contribution in [0.3, 0.4) is 0 Å². The van der Waals surface area contributed by atoms with Gasteiger partial charge in [0.1, 0.15) is 5.82 Å². The molecule has 0 spiro atoms. The van der Waals surface area contributed by atoms with Crippen LogP contribution in [0.5, 0.6) is 0 Å². The Kier molecular flexibility index (Phi) is 4.74. The van der Waals surface area contributed by atoms with Crippen LogP contribution in [0.25, 0.3) is 0 Å². The molecule has 16 heavy (non-hydrogen) atoms. The van der Waals surface area contributed by atoms with Crippen LogP contribution in [0.1, 0.15) is 38.7 Å². The Morgan fingerprint density at radius 3 is 2.81 bits per heavy atom. The van der Waals surface area contributed by atoms with Crippen molar-refractivity contribution in [1.82, 2.24) is 14.9 Å². The van der Waals surface area contributed by atoms with Crippen molar-refractivity contribution in [3.05, 3.63) is 29.9 Å². The molecule has 90 valence electrons. The highest BCUT2D eigenvalue weighted by atomic mass is 15.1. The lowest BCUT2D eigenvalue weighted by Gasteiger charge is -2.12. The number of allylic oxidation sites excluding steroid dienone is 1. The number of aromatic nitrogens is 2. The van der Waals surface area contributed by atoms with Crippen molar-refractivity contribution in [2.75, 3.05) is 0 Å². The van der Waals surface area contributed by atoms with E-state index in [-0.39, 0.29) is 0 Å². The molecule has 1 aromatic heterocycles. The zero-order valence-corrected chi connectivity index (χ0v) is 10.9. The quantitative estimate of drug-likeness (QED) is 0.748. The molecule has 1 rings (SSSR count). The lowest BCUT2D eigenvalue weighted by Crippen LogP contribution is -2.23. The van der Waals surface area contributed by atoms with E-state index < -0.39 is 0 Å². The van der Waals surface area contributed by atoms with E-state index in [1.807, 2.05) is 6.20 Å². The fraction of sp³-hybridized carbons (Fsp3) is 0.615. The van der Waals surface area contributed by atoms with E-state index in [1.165, 1.54) is 11.3 Å². The number of hydrogen-bond acceptors (Lipinski definition) is 2. The number of aryl methyl sites for hydroxylation is 1. The molecule has 0 fully saturated rings. The third-order valence-electron chi connectivity index (χ3n) is 2.59. The summed E-state index contributed by atoms with van der Waals surface area (Å²) in [7, 11) is 0. The van der Waals surface area contributed by atoms with Crippen molar-refractivity contribution in [3.8, 4) is 0 Å². The van der Waals surface area contributed by atoms with Crippen LogP contribution >= 0.6 is 0 Å². The highest BCUT2D eigenvalue weighted by Crippen LogP contribution is 2.08. The van der Waals surface area contributed by atoms with E-state index >= 15 is 0 Å². The summed E-state index contributed by atoms with van der Waals surface area (Å²) in [6.45, 7) is 14.2. The molecule has 3 nitrogen and oxygen atoms in total. The fourth-order valence-electron chi connectivity index (χ4n) is 1.57. The van der Waals surface area contributed by atoms with Crippen LogP contribution in [-0.4, -0.2) is 15.6 Å². The van der Waals surface area contributed by atoms with E-state index in [0.717, 1.165) is 25.3 Å². The highest BCUT2D eigenvalue weighted by molar-refractivity contribution is 5.05. The van der Waals surface area contributed by atoms with E-state index in [4.69, 9.17) is 0 Å². The number of nitrogens with one attached hydrogen (secondary N) is 1. The first-order valence-corrected chi connectivity index (χ1v) is 5.89. The van der Waals surface area contributed by atoms with Crippen LogP contribution in [0.2, 0.25) is 0 Å². The zero-order chi connectivity index (χ0) is 12.1. The zero-order valence-electron chi connectivity index (χ0n) is 10.9. The van der Waals surface area contributed by atoms with Crippen molar-refractivity contribution >= 4 is 0 Å². The average Bonchev–Trinajstić information content (AvgIpc) is 2.53. The second-order valence-electron chi connectivity index (χ2n) is 4.69. The van der Waals surface area contributed by atoms with Gasteiger partial charge < -0.3 is 9.88 Å². The Morgan fingerprint density at radius 1 is 1.56 bits per heavy atom. The molecule has 0 radical (unpaired) electrons. The second kappa shape index (κ2) is 5.85. The minimum Gasteiger partial charge on any atom is -0.331 e. The maximum Gasteiger partial charge on any atom is 0.105 e. The van der Waals surface area contributed by atoms with Crippen molar-refractivity contribution in [2.45, 2.75) is 53.2 Å². The molecule has 0 saturated heterocycles. The maximum atomic E-state index is 4.37. The Morgan fingerprint density at radius 2 is 2.25 bits per heavy atom. The summed E-state index contributed by atoms with van der Waals surface area (Å²) >= 11 is 0. The molecule has 0 atom stereocenters. The molecule has 1 heterocycles. The monoisotopic (exact) mass is 221 g/mol. The standard InChI is InChI=1S/C13H23N3/c1-10(2)6-7-16-12(5)15-9-13(16)8-14-11(3)4/h9,11,14H,1,6-8H2,2-5H3. The van der Waals surface area contributed by atoms with Gasteiger partial charge in [-0.05, 0) is 20.3 Å². The fourth-order valence-corrected chi connectivity index (χ4v) is 1.57. The third-order valence-corrected chi connectivity index (χ3v) is 2.59. The van der Waals surface area contributed by atoms with Gasteiger partial charge in [0.05, 0.1) is 5.69 Å². The predicted molar refractivity (Wildman–Crippen MR) is 68.4 cm³/mol.